The Labute approximate surface area is 737 Å². The first-order valence-corrected chi connectivity index (χ1v) is 39.2. The van der Waals surface area contributed by atoms with Crippen molar-refractivity contribution in [2.24, 2.45) is 5.73 Å². The molecule has 3 aliphatic heterocycles. The van der Waals surface area contributed by atoms with Crippen LogP contribution in [0.4, 0.5) is 36.2 Å². The predicted molar refractivity (Wildman–Crippen MR) is 447 cm³/mol. The van der Waals surface area contributed by atoms with E-state index < -0.39 is 159 Å². The fourth-order valence-corrected chi connectivity index (χ4v) is 12.5. The lowest BCUT2D eigenvalue weighted by Crippen LogP contribution is -2.44. The van der Waals surface area contributed by atoms with Gasteiger partial charge in [0.25, 0.3) is 17.1 Å². The number of nitro groups is 3. The van der Waals surface area contributed by atoms with Crippen LogP contribution in [0.15, 0.2) is 140 Å². The minimum Gasteiger partial charge on any atom is -0.460 e. The van der Waals surface area contributed by atoms with E-state index in [-0.39, 0.29) is 153 Å². The Kier molecular flexibility index (Phi) is 42.2. The Morgan fingerprint density at radius 3 is 0.913 bits per heavy atom. The van der Waals surface area contributed by atoms with E-state index in [2.05, 4.69) is 5.32 Å². The zero-order valence-electron chi connectivity index (χ0n) is 74.0. The molecule has 6 unspecified atom stereocenters. The predicted octanol–water partition coefficient (Wildman–Crippen LogP) is 12.5. The van der Waals surface area contributed by atoms with Gasteiger partial charge < -0.3 is 82.1 Å². The van der Waals surface area contributed by atoms with Crippen molar-refractivity contribution in [3.8, 4) is 0 Å². The molecule has 3 heterocycles. The molecule has 0 fully saturated rings. The Hall–Kier alpha value is -12.4. The molecule has 4 amide bonds. The number of hydrogen-bond donors (Lipinski definition) is 2. The number of benzene rings is 3. The van der Waals surface area contributed by atoms with Gasteiger partial charge in [-0.25, -0.2) is 52.7 Å². The number of non-ortho nitro benzene ring substituents is 3. The van der Waals surface area contributed by atoms with Crippen molar-refractivity contribution in [2.45, 2.75) is 210 Å². The second kappa shape index (κ2) is 49.3. The van der Waals surface area contributed by atoms with E-state index in [9.17, 15) is 87.9 Å². The second-order valence-corrected chi connectivity index (χ2v) is 30.1. The molecule has 8 atom stereocenters. The van der Waals surface area contributed by atoms with Gasteiger partial charge in [-0.3, -0.25) is 49.8 Å². The molecule has 43 heteroatoms. The minimum atomic E-state index is -1.51. The molecule has 0 bridgehead atoms. The summed E-state index contributed by atoms with van der Waals surface area (Å²) in [6, 6.07) is 14.1. The zero-order valence-corrected chi connectivity index (χ0v) is 75.6. The van der Waals surface area contributed by atoms with E-state index in [1.807, 2.05) is 0 Å². The van der Waals surface area contributed by atoms with Gasteiger partial charge in [-0.1, -0.05) is 48.0 Å². The summed E-state index contributed by atoms with van der Waals surface area (Å²) >= 11 is 5.85. The Morgan fingerprint density at radius 1 is 0.413 bits per heavy atom. The molecule has 6 rings (SSSR count). The molecule has 3 aromatic rings. The summed E-state index contributed by atoms with van der Waals surface area (Å²) in [5, 5.41) is 37.0. The van der Waals surface area contributed by atoms with Crippen molar-refractivity contribution in [3.63, 3.8) is 0 Å². The molecule has 0 radical (unpaired) electrons. The van der Waals surface area contributed by atoms with Crippen molar-refractivity contribution in [3.05, 3.63) is 187 Å². The van der Waals surface area contributed by atoms with Crippen LogP contribution >= 0.6 is 24.0 Å². The van der Waals surface area contributed by atoms with E-state index in [0.29, 0.717) is 0 Å². The maximum atomic E-state index is 13.7. The molecule has 3 aromatic carbocycles. The summed E-state index contributed by atoms with van der Waals surface area (Å²) < 4.78 is 78.4. The van der Waals surface area contributed by atoms with Crippen molar-refractivity contribution in [2.75, 3.05) is 61.0 Å². The number of nitro benzene ring substituents is 3. The number of allylic oxidation sites excluding steroid dienone is 6. The molecular formula is C83H108Cl2N8O33. The third-order valence-electron chi connectivity index (χ3n) is 17.6. The van der Waals surface area contributed by atoms with Gasteiger partial charge in [-0.2, -0.15) is 0 Å². The largest absolute Gasteiger partial charge is 0.460 e. The quantitative estimate of drug-likeness (QED) is 0.0111. The van der Waals surface area contributed by atoms with Crippen molar-refractivity contribution < 1.29 is 143 Å². The standard InChI is InChI=1S/C32H43N3O13.C27H35N3O11.C24H29ClN2O9.ClH/c1-17(2)45-29(38)25-20(5)34(31(40)47-21(6)46-27(36)18(3)33-30(39)48-32(7,8)9)19(4)24(28(37)44-15-14-43-10)26(25)22-12-11-13-23(16-22)35(41)42;1-14(2)39-26(33)22-17(5)29(27(34)41-18(6)40-24(31)15(3)28)16(4)21(25(32)38-12-11-37-7)23(22)19-9-8-10-20(13-19)30(35)36;1-13(2)35-23(29)20-15(4)26(24(30)36-16(5)25)14(3)19(22(28)34-11-10-33-6)21(20)17-8-7-9-18(12-17)27(31)32;/h11-13,16-18,21,26H,14-15H2,1-10H3,(H,33,39);8-10,13-15,18,23H,11-12,28H2,1-7H3;7-9,12-13,16,21H,10-11H2,1-6H3;1H/t18-,21?,26?;15-,18?,23?;;/m00../s1. The lowest BCUT2D eigenvalue weighted by Gasteiger charge is -2.36. The molecule has 0 spiro atoms. The maximum Gasteiger partial charge on any atom is 0.421 e. The number of carbonyl (C=O) groups is 12. The smallest absolute Gasteiger partial charge is 0.421 e. The molecule has 0 saturated carbocycles. The second-order valence-electron chi connectivity index (χ2n) is 29.5. The van der Waals surface area contributed by atoms with Crippen LogP contribution in [0.25, 0.3) is 0 Å². The maximum absolute atomic E-state index is 13.7. The number of rotatable bonds is 32. The van der Waals surface area contributed by atoms with Crippen LogP contribution in [0.3, 0.4) is 0 Å². The van der Waals surface area contributed by atoms with Gasteiger partial charge in [0.2, 0.25) is 12.6 Å². The van der Waals surface area contributed by atoms with E-state index >= 15 is 0 Å². The SMILES string of the molecule is COCCOC(=O)C1=C(C)N(C(=O)OC(C)Cl)C(C)=C(C(=O)OC(C)C)C1c1cccc([N+](=O)[O-])c1.COCCOC(=O)C1=C(C)N(C(=O)OC(C)OC(=O)[C@H](C)N)C(C)=C(C(=O)OC(C)C)C1c1cccc([N+](=O)[O-])c1.COCCOC(=O)C1=C(C)N(C(=O)OC(C)OC(=O)[C@H](C)NC(=O)OC(C)(C)C)C(C)=C(C(=O)OC(C)C)C1c1cccc([N+](=O)[O-])c1.Cl. The van der Waals surface area contributed by atoms with Crippen LogP contribution in [-0.4, -0.2) is 217 Å². The molecule has 3 aliphatic rings. The van der Waals surface area contributed by atoms with E-state index in [1.165, 1.54) is 170 Å². The molecule has 0 aromatic heterocycles. The highest BCUT2D eigenvalue weighted by Gasteiger charge is 2.48. The number of nitrogens with two attached hydrogens (primary N) is 1. The Bertz CT molecular complexity index is 4750. The Morgan fingerprint density at radius 2 is 0.675 bits per heavy atom. The number of esters is 8. The van der Waals surface area contributed by atoms with Gasteiger partial charge in [-0.05, 0) is 141 Å². The van der Waals surface area contributed by atoms with Crippen molar-refractivity contribution in [1.29, 1.82) is 0 Å². The number of methoxy groups -OCH3 is 3. The highest BCUT2D eigenvalue weighted by molar-refractivity contribution is 6.20. The van der Waals surface area contributed by atoms with Crippen LogP contribution in [-0.2, 0) is 109 Å². The summed E-state index contributed by atoms with van der Waals surface area (Å²) in [6.07, 6.45) is -8.65. The van der Waals surface area contributed by atoms with Crippen LogP contribution in [0.1, 0.15) is 173 Å². The van der Waals surface area contributed by atoms with Gasteiger partial charge >= 0.3 is 72.1 Å². The summed E-state index contributed by atoms with van der Waals surface area (Å²) in [5.74, 6) is -10.7. The number of ether oxygens (including phenoxy) is 15. The van der Waals surface area contributed by atoms with E-state index in [0.717, 1.165) is 14.7 Å². The van der Waals surface area contributed by atoms with Crippen LogP contribution in [0.5, 0.6) is 0 Å². The first-order valence-electron chi connectivity index (χ1n) is 38.8. The number of amides is 4. The van der Waals surface area contributed by atoms with Crippen molar-refractivity contribution in [1.82, 2.24) is 20.0 Å². The summed E-state index contributed by atoms with van der Waals surface area (Å²) in [5.41, 5.74) is 2.82. The zero-order chi connectivity index (χ0) is 94.7. The van der Waals surface area contributed by atoms with Crippen LogP contribution in [0.2, 0.25) is 0 Å². The van der Waals surface area contributed by atoms with Gasteiger partial charge in [0.1, 0.15) is 37.5 Å². The summed E-state index contributed by atoms with van der Waals surface area (Å²) in [4.78, 5) is 193. The molecule has 41 nitrogen and oxygen atoms in total. The van der Waals surface area contributed by atoms with E-state index in [1.54, 1.807) is 62.3 Å². The summed E-state index contributed by atoms with van der Waals surface area (Å²) in [6.45, 7) is 29.7. The third-order valence-corrected chi connectivity index (χ3v) is 17.7. The number of nitrogens with one attached hydrogen (secondary N) is 1. The monoisotopic (exact) mass is 1810 g/mol. The molecular weight excluding hydrogens is 1710 g/mol. The van der Waals surface area contributed by atoms with Crippen molar-refractivity contribution >= 4 is 113 Å². The lowest BCUT2D eigenvalue weighted by atomic mass is 9.79. The molecule has 3 N–H and O–H groups in total. The van der Waals surface area contributed by atoms with Gasteiger partial charge in [0, 0.05) is 106 Å². The highest BCUT2D eigenvalue weighted by Crippen LogP contribution is 2.48. The van der Waals surface area contributed by atoms with E-state index in [4.69, 9.17) is 88.4 Å². The van der Waals surface area contributed by atoms with Gasteiger partial charge in [-0.15, -0.1) is 12.4 Å². The number of nitrogens with zero attached hydrogens (tertiary/aromatic N) is 6. The third kappa shape index (κ3) is 29.9. The molecule has 692 valence electrons. The van der Waals surface area contributed by atoms with Crippen LogP contribution < -0.4 is 11.1 Å². The number of alkyl carbamates (subject to hydrolysis) is 1. The normalized spacial score (nSPS) is 16.3. The average Bonchev–Trinajstić information content (AvgIpc) is 0.753. The lowest BCUT2D eigenvalue weighted by molar-refractivity contribution is -0.385. The molecule has 0 aliphatic carbocycles. The number of halogens is 2. The fourth-order valence-electron chi connectivity index (χ4n) is 12.5. The highest BCUT2D eigenvalue weighted by atomic mass is 35.5. The number of alkyl halides is 1. The Balaban J connectivity index is 0.000000491. The molecule has 0 saturated heterocycles. The topological polar surface area (TPSA) is 520 Å². The minimum absolute atomic E-state index is 0. The van der Waals surface area contributed by atoms with Gasteiger partial charge in [0.05, 0.1) is 104 Å². The number of hydrogen-bond acceptors (Lipinski definition) is 34. The van der Waals surface area contributed by atoms with Crippen LogP contribution in [0, 0.1) is 30.3 Å². The fraction of sp³-hybridized carbons (Fsp3) is 0.494. The number of carbonyl (C=O) groups excluding carboxylic acids is 12. The average molecular weight is 1820 g/mol. The first-order chi connectivity index (χ1) is 58.4. The first kappa shape index (κ1) is 108. The van der Waals surface area contributed by atoms with Gasteiger partial charge in [0.15, 0.2) is 5.56 Å². The summed E-state index contributed by atoms with van der Waals surface area (Å²) in [7, 11) is 4.24. The molecule has 126 heavy (non-hydrogen) atoms.